The second-order valence-electron chi connectivity index (χ2n) is 6.90. The number of urea groups is 1. The first kappa shape index (κ1) is 18.9. The highest BCUT2D eigenvalue weighted by Gasteiger charge is 2.36. The molecule has 8 nitrogen and oxygen atoms in total. The summed E-state index contributed by atoms with van der Waals surface area (Å²) in [7, 11) is 1.76. The van der Waals surface area contributed by atoms with E-state index >= 15 is 0 Å². The van der Waals surface area contributed by atoms with Crippen LogP contribution in [0.2, 0.25) is 0 Å². The van der Waals surface area contributed by atoms with Crippen molar-refractivity contribution in [3.63, 3.8) is 0 Å². The third-order valence-corrected chi connectivity index (χ3v) is 5.02. The summed E-state index contributed by atoms with van der Waals surface area (Å²) in [6, 6.07) is 5.65. The molecule has 1 N–H and O–H groups in total. The van der Waals surface area contributed by atoms with Gasteiger partial charge in [0.1, 0.15) is 12.6 Å². The molecule has 2 heterocycles. The van der Waals surface area contributed by atoms with Crippen molar-refractivity contribution in [1.82, 2.24) is 15.1 Å². The molecule has 0 bridgehead atoms. The summed E-state index contributed by atoms with van der Waals surface area (Å²) in [6.07, 6.45) is 2.49. The normalized spacial score (nSPS) is 20.3. The zero-order chi connectivity index (χ0) is 19.6. The van der Waals surface area contributed by atoms with Crippen molar-refractivity contribution >= 4 is 29.4 Å². The summed E-state index contributed by atoms with van der Waals surface area (Å²) in [5, 5.41) is 2.22. The highest BCUT2D eigenvalue weighted by atomic mass is 16.2. The van der Waals surface area contributed by atoms with Gasteiger partial charge in [0, 0.05) is 31.4 Å². The third-order valence-electron chi connectivity index (χ3n) is 5.02. The fourth-order valence-electron chi connectivity index (χ4n) is 3.43. The number of benzene rings is 1. The summed E-state index contributed by atoms with van der Waals surface area (Å²) in [5.74, 6) is -0.562. The minimum Gasteiger partial charge on any atom is -0.342 e. The van der Waals surface area contributed by atoms with Crippen molar-refractivity contribution in [3.8, 4) is 0 Å². The first-order valence-corrected chi connectivity index (χ1v) is 9.19. The van der Waals surface area contributed by atoms with Gasteiger partial charge in [-0.3, -0.25) is 24.6 Å². The first-order chi connectivity index (χ1) is 12.9. The minimum atomic E-state index is -0.469. The molecule has 0 aliphatic carbocycles. The molecule has 0 unspecified atom stereocenters. The molecule has 27 heavy (non-hydrogen) atoms. The number of nitrogens with zero attached hydrogens (tertiary/aromatic N) is 3. The third kappa shape index (κ3) is 3.79. The van der Waals surface area contributed by atoms with Gasteiger partial charge in [-0.25, -0.2) is 4.79 Å². The van der Waals surface area contributed by atoms with E-state index in [0.29, 0.717) is 30.8 Å². The molecule has 3 rings (SSSR count). The lowest BCUT2D eigenvalue weighted by atomic mass is 10.0. The molecule has 0 saturated carbocycles. The summed E-state index contributed by atoms with van der Waals surface area (Å²) in [5.41, 5.74) is 1.01. The van der Waals surface area contributed by atoms with Crippen LogP contribution in [-0.4, -0.2) is 66.3 Å². The number of hydrogen-bond donors (Lipinski definition) is 1. The molecule has 1 aromatic carbocycles. The Morgan fingerprint density at radius 2 is 1.85 bits per heavy atom. The van der Waals surface area contributed by atoms with Crippen molar-refractivity contribution in [2.45, 2.75) is 32.2 Å². The fraction of sp³-hybridized carbons (Fsp3) is 0.474. The smallest absolute Gasteiger partial charge is 0.329 e. The highest BCUT2D eigenvalue weighted by molar-refractivity contribution is 6.12. The van der Waals surface area contributed by atoms with E-state index in [0.717, 1.165) is 12.8 Å². The van der Waals surface area contributed by atoms with E-state index in [9.17, 15) is 19.2 Å². The SMILES string of the molecule is CCCC[C@@H]1C(=O)N(C)CCN1C(=O)c1ccc(N2CC(=O)NC2=O)cc1. The van der Waals surface area contributed by atoms with Crippen LogP contribution in [0, 0.1) is 0 Å². The Hall–Kier alpha value is -2.90. The molecule has 2 fully saturated rings. The molecule has 1 aromatic rings. The maximum absolute atomic E-state index is 13.0. The molecule has 0 aromatic heterocycles. The molecule has 8 heteroatoms. The summed E-state index contributed by atoms with van der Waals surface area (Å²) in [6.45, 7) is 3.04. The second kappa shape index (κ2) is 7.77. The van der Waals surface area contributed by atoms with E-state index in [-0.39, 0.29) is 24.3 Å². The molecule has 2 aliphatic rings. The van der Waals surface area contributed by atoms with Gasteiger partial charge in [-0.1, -0.05) is 19.8 Å². The number of amides is 5. The van der Waals surface area contributed by atoms with Crippen molar-refractivity contribution in [2.24, 2.45) is 0 Å². The zero-order valence-electron chi connectivity index (χ0n) is 15.6. The number of anilines is 1. The minimum absolute atomic E-state index is 0.0214. The number of imide groups is 1. The standard InChI is InChI=1S/C19H24N4O4/c1-3-4-5-15-18(26)21(2)10-11-22(15)17(25)13-6-8-14(9-7-13)23-12-16(24)20-19(23)27/h6-9,15H,3-5,10-12H2,1-2H3,(H,20,24,27)/t15-/m1/s1. The maximum Gasteiger partial charge on any atom is 0.329 e. The first-order valence-electron chi connectivity index (χ1n) is 9.19. The molecule has 2 aliphatic heterocycles. The predicted molar refractivity (Wildman–Crippen MR) is 99.3 cm³/mol. The summed E-state index contributed by atoms with van der Waals surface area (Å²) >= 11 is 0. The second-order valence-corrected chi connectivity index (χ2v) is 6.90. The van der Waals surface area contributed by atoms with Crippen LogP contribution in [0.3, 0.4) is 0 Å². The van der Waals surface area contributed by atoms with Crippen molar-refractivity contribution in [1.29, 1.82) is 0 Å². The molecular weight excluding hydrogens is 348 g/mol. The molecule has 0 spiro atoms. The van der Waals surface area contributed by atoms with Gasteiger partial charge in [-0.2, -0.15) is 0 Å². The van der Waals surface area contributed by atoms with Crippen molar-refractivity contribution in [2.75, 3.05) is 31.6 Å². The lowest BCUT2D eigenvalue weighted by Gasteiger charge is -2.39. The Bertz CT molecular complexity index is 761. The van der Waals surface area contributed by atoms with Crippen LogP contribution in [0.5, 0.6) is 0 Å². The topological polar surface area (TPSA) is 90.0 Å². The van der Waals surface area contributed by atoms with Crippen LogP contribution in [0.25, 0.3) is 0 Å². The molecule has 5 amide bonds. The lowest BCUT2D eigenvalue weighted by molar-refractivity contribution is -0.138. The largest absolute Gasteiger partial charge is 0.342 e. The molecule has 2 saturated heterocycles. The van der Waals surface area contributed by atoms with E-state index in [1.807, 2.05) is 0 Å². The Morgan fingerprint density at radius 1 is 1.15 bits per heavy atom. The summed E-state index contributed by atoms with van der Waals surface area (Å²) in [4.78, 5) is 53.2. The quantitative estimate of drug-likeness (QED) is 0.787. The van der Waals surface area contributed by atoms with Gasteiger partial charge >= 0.3 is 6.03 Å². The average Bonchev–Trinajstić information content (AvgIpc) is 3.00. The van der Waals surface area contributed by atoms with Gasteiger partial charge in [0.15, 0.2) is 0 Å². The van der Waals surface area contributed by atoms with Gasteiger partial charge in [0.05, 0.1) is 0 Å². The van der Waals surface area contributed by atoms with Crippen LogP contribution in [0.15, 0.2) is 24.3 Å². The van der Waals surface area contributed by atoms with Gasteiger partial charge in [0.25, 0.3) is 5.91 Å². The zero-order valence-corrected chi connectivity index (χ0v) is 15.6. The summed E-state index contributed by atoms with van der Waals surface area (Å²) < 4.78 is 0. The number of nitrogens with one attached hydrogen (secondary N) is 1. The number of rotatable bonds is 5. The Morgan fingerprint density at radius 3 is 2.44 bits per heavy atom. The van der Waals surface area contributed by atoms with Gasteiger partial charge in [-0.05, 0) is 30.7 Å². The maximum atomic E-state index is 13.0. The number of unbranched alkanes of at least 4 members (excludes halogenated alkanes) is 1. The van der Waals surface area contributed by atoms with Crippen LogP contribution in [0.1, 0.15) is 36.5 Å². The van der Waals surface area contributed by atoms with E-state index in [4.69, 9.17) is 0 Å². The molecular formula is C19H24N4O4. The number of carbonyl (C=O) groups excluding carboxylic acids is 4. The van der Waals surface area contributed by atoms with E-state index < -0.39 is 12.1 Å². The number of carbonyl (C=O) groups is 4. The monoisotopic (exact) mass is 372 g/mol. The van der Waals surface area contributed by atoms with Crippen LogP contribution in [0.4, 0.5) is 10.5 Å². The average molecular weight is 372 g/mol. The molecule has 1 atom stereocenters. The molecule has 144 valence electrons. The lowest BCUT2D eigenvalue weighted by Crippen LogP contribution is -2.57. The fourth-order valence-corrected chi connectivity index (χ4v) is 3.43. The van der Waals surface area contributed by atoms with Crippen LogP contribution >= 0.6 is 0 Å². The van der Waals surface area contributed by atoms with Gasteiger partial charge < -0.3 is 9.80 Å². The van der Waals surface area contributed by atoms with Gasteiger partial charge in [-0.15, -0.1) is 0 Å². The Labute approximate surface area is 158 Å². The Kier molecular flexibility index (Phi) is 5.43. The number of piperazine rings is 1. The number of hydrogen-bond acceptors (Lipinski definition) is 4. The van der Waals surface area contributed by atoms with Crippen molar-refractivity contribution in [3.05, 3.63) is 29.8 Å². The van der Waals surface area contributed by atoms with Crippen LogP contribution in [-0.2, 0) is 9.59 Å². The van der Waals surface area contributed by atoms with Crippen LogP contribution < -0.4 is 10.2 Å². The highest BCUT2D eigenvalue weighted by Crippen LogP contribution is 2.22. The molecule has 0 radical (unpaired) electrons. The van der Waals surface area contributed by atoms with Crippen molar-refractivity contribution < 1.29 is 19.2 Å². The van der Waals surface area contributed by atoms with E-state index in [2.05, 4.69) is 12.2 Å². The van der Waals surface area contributed by atoms with E-state index in [1.165, 1.54) is 4.90 Å². The Balaban J connectivity index is 1.76. The van der Waals surface area contributed by atoms with Gasteiger partial charge in [0.2, 0.25) is 11.8 Å². The van der Waals surface area contributed by atoms with E-state index in [1.54, 1.807) is 41.1 Å². The number of likely N-dealkylation sites (N-methyl/N-ethyl adjacent to an activating group) is 1. The predicted octanol–water partition coefficient (Wildman–Crippen LogP) is 1.22.